The third-order valence-corrected chi connectivity index (χ3v) is 6.80. The molecule has 2 aliphatic heterocycles. The van der Waals surface area contributed by atoms with E-state index >= 15 is 0 Å². The van der Waals surface area contributed by atoms with Crippen LogP contribution in [0.3, 0.4) is 0 Å². The summed E-state index contributed by atoms with van der Waals surface area (Å²) >= 11 is 0. The third-order valence-electron chi connectivity index (χ3n) is 6.80. The fraction of sp³-hybridized carbons (Fsp3) is 0.357. The fourth-order valence-corrected chi connectivity index (χ4v) is 4.83. The Morgan fingerprint density at radius 1 is 1.24 bits per heavy atom. The zero-order valence-corrected chi connectivity index (χ0v) is 21.0. The fourth-order valence-electron chi connectivity index (χ4n) is 4.83. The van der Waals surface area contributed by atoms with Gasteiger partial charge in [-0.25, -0.2) is 4.39 Å². The molecule has 0 aliphatic carbocycles. The van der Waals surface area contributed by atoms with Crippen molar-refractivity contribution in [3.8, 4) is 22.8 Å². The number of H-pyrrole nitrogens is 1. The van der Waals surface area contributed by atoms with Gasteiger partial charge in [0.25, 0.3) is 5.91 Å². The number of halogens is 1. The number of hydrogen-bond acceptors (Lipinski definition) is 6. The lowest BCUT2D eigenvalue weighted by Crippen LogP contribution is -2.35. The number of ether oxygens (including phenoxy) is 3. The number of nitrogens with zero attached hydrogens (tertiary/aromatic N) is 1. The molecule has 0 radical (unpaired) electrons. The minimum absolute atomic E-state index is 0.0661. The van der Waals surface area contributed by atoms with Crippen LogP contribution in [0.15, 0.2) is 48.3 Å². The van der Waals surface area contributed by atoms with Crippen LogP contribution < -0.4 is 20.1 Å². The Kier molecular flexibility index (Phi) is 7.41. The lowest BCUT2D eigenvalue weighted by atomic mass is 9.92. The molecule has 1 unspecified atom stereocenters. The number of fused-ring (bicyclic) bond motifs is 3. The molecule has 3 N–H and O–H groups in total. The first-order valence-corrected chi connectivity index (χ1v) is 12.5. The maximum Gasteiger partial charge on any atom is 0.255 e. The first-order valence-electron chi connectivity index (χ1n) is 12.5. The second-order valence-corrected chi connectivity index (χ2v) is 9.25. The molecule has 37 heavy (non-hydrogen) atoms. The van der Waals surface area contributed by atoms with E-state index in [1.807, 2.05) is 6.07 Å². The lowest BCUT2D eigenvalue weighted by Gasteiger charge is -2.24. The quantitative estimate of drug-likeness (QED) is 0.416. The first-order chi connectivity index (χ1) is 18.1. The van der Waals surface area contributed by atoms with Crippen LogP contribution in [0.4, 0.5) is 15.8 Å². The number of benzene rings is 1. The number of aromatic amines is 1. The molecule has 0 saturated heterocycles. The summed E-state index contributed by atoms with van der Waals surface area (Å²) in [7, 11) is 1.42. The van der Waals surface area contributed by atoms with Gasteiger partial charge in [0.2, 0.25) is 0 Å². The Labute approximate surface area is 215 Å². The minimum atomic E-state index is -0.498. The van der Waals surface area contributed by atoms with E-state index in [1.165, 1.54) is 18.7 Å². The SMILES string of the molecule is COc1c(F)cccc1Nc1c2[nH]c3c1C(=O)NCC3CCCOC/C=C(\C)CCOc1cnccc1-2. The largest absolute Gasteiger partial charge is 0.492 e. The molecule has 5 rings (SSSR count). The summed E-state index contributed by atoms with van der Waals surface area (Å²) in [5.74, 6) is 0.0276. The van der Waals surface area contributed by atoms with Gasteiger partial charge in [0.05, 0.1) is 49.2 Å². The van der Waals surface area contributed by atoms with E-state index in [-0.39, 0.29) is 17.6 Å². The molecule has 1 amide bonds. The molecule has 0 saturated carbocycles. The molecule has 3 aromatic rings. The van der Waals surface area contributed by atoms with Crippen molar-refractivity contribution in [1.29, 1.82) is 0 Å². The summed E-state index contributed by atoms with van der Waals surface area (Å²) in [4.78, 5) is 21.0. The Hall–Kier alpha value is -3.85. The van der Waals surface area contributed by atoms with Crippen molar-refractivity contribution in [2.45, 2.75) is 32.1 Å². The van der Waals surface area contributed by atoms with Crippen molar-refractivity contribution in [3.05, 3.63) is 65.4 Å². The van der Waals surface area contributed by atoms with Crippen LogP contribution in [0.2, 0.25) is 0 Å². The summed E-state index contributed by atoms with van der Waals surface area (Å²) in [6.07, 6.45) is 7.87. The van der Waals surface area contributed by atoms with Crippen molar-refractivity contribution >= 4 is 17.3 Å². The van der Waals surface area contributed by atoms with Crippen molar-refractivity contribution in [2.24, 2.45) is 0 Å². The van der Waals surface area contributed by atoms with Crippen molar-refractivity contribution < 1.29 is 23.4 Å². The molecular formula is C28H31FN4O4. The maximum atomic E-state index is 14.5. The lowest BCUT2D eigenvalue weighted by molar-refractivity contribution is 0.0938. The van der Waals surface area contributed by atoms with Crippen LogP contribution in [0, 0.1) is 5.82 Å². The Bertz CT molecular complexity index is 1320. The molecule has 194 valence electrons. The molecular weight excluding hydrogens is 475 g/mol. The number of para-hydroxylation sites is 1. The van der Waals surface area contributed by atoms with Gasteiger partial charge in [0.15, 0.2) is 11.6 Å². The van der Waals surface area contributed by atoms with Crippen molar-refractivity contribution in [2.75, 3.05) is 38.8 Å². The second kappa shape index (κ2) is 11.0. The number of methoxy groups -OCH3 is 1. The number of carbonyl (C=O) groups is 1. The number of anilines is 2. The predicted octanol–water partition coefficient (Wildman–Crippen LogP) is 5.32. The van der Waals surface area contributed by atoms with E-state index in [0.29, 0.717) is 54.7 Å². The van der Waals surface area contributed by atoms with Gasteiger partial charge in [-0.05, 0) is 38.0 Å². The highest BCUT2D eigenvalue weighted by atomic mass is 19.1. The zero-order chi connectivity index (χ0) is 25.8. The molecule has 0 fully saturated rings. The van der Waals surface area contributed by atoms with Gasteiger partial charge in [-0.1, -0.05) is 17.7 Å². The van der Waals surface area contributed by atoms with E-state index < -0.39 is 5.82 Å². The Morgan fingerprint density at radius 2 is 2.14 bits per heavy atom. The first kappa shape index (κ1) is 24.8. The van der Waals surface area contributed by atoms with E-state index in [2.05, 4.69) is 33.6 Å². The average molecular weight is 507 g/mol. The molecule has 1 aromatic carbocycles. The standard InChI is InChI=1S/C28H31FN4O4/c1-17-9-13-36-12-4-5-18-15-31-28(34)23-24(18)33-25(19-8-11-30-16-22(19)37-14-10-17)26(23)32-21-7-3-6-20(29)27(21)35-2/h3,6-9,11,16,18,32-33H,4-5,10,12-15H2,1-2H3,(H,31,34)/b17-9+. The minimum Gasteiger partial charge on any atom is -0.492 e. The van der Waals surface area contributed by atoms with Gasteiger partial charge in [-0.3, -0.25) is 9.78 Å². The van der Waals surface area contributed by atoms with Crippen LogP contribution in [0.25, 0.3) is 11.3 Å². The molecule has 8 nitrogen and oxygen atoms in total. The molecule has 4 heterocycles. The normalized spacial score (nSPS) is 19.6. The van der Waals surface area contributed by atoms with Crippen LogP contribution >= 0.6 is 0 Å². The highest BCUT2D eigenvalue weighted by Crippen LogP contribution is 2.44. The van der Waals surface area contributed by atoms with Gasteiger partial charge in [-0.2, -0.15) is 0 Å². The number of aromatic nitrogens is 2. The summed E-state index contributed by atoms with van der Waals surface area (Å²) in [5.41, 5.74) is 4.90. The van der Waals surface area contributed by atoms with E-state index in [0.717, 1.165) is 30.5 Å². The van der Waals surface area contributed by atoms with Crippen LogP contribution in [-0.2, 0) is 4.74 Å². The zero-order valence-electron chi connectivity index (χ0n) is 21.0. The Morgan fingerprint density at radius 3 is 3.00 bits per heavy atom. The highest BCUT2D eigenvalue weighted by Gasteiger charge is 2.33. The molecule has 0 spiro atoms. The van der Waals surface area contributed by atoms with E-state index in [1.54, 1.807) is 24.5 Å². The number of pyridine rings is 1. The maximum absolute atomic E-state index is 14.5. The highest BCUT2D eigenvalue weighted by molar-refractivity contribution is 6.07. The predicted molar refractivity (Wildman–Crippen MR) is 139 cm³/mol. The number of nitrogens with one attached hydrogen (secondary N) is 3. The van der Waals surface area contributed by atoms with E-state index in [9.17, 15) is 9.18 Å². The van der Waals surface area contributed by atoms with Crippen molar-refractivity contribution in [1.82, 2.24) is 15.3 Å². The second-order valence-electron chi connectivity index (χ2n) is 9.25. The third kappa shape index (κ3) is 5.17. The van der Waals surface area contributed by atoms with Crippen LogP contribution in [0.1, 0.15) is 48.2 Å². The van der Waals surface area contributed by atoms with Gasteiger partial charge in [0, 0.05) is 42.9 Å². The van der Waals surface area contributed by atoms with Gasteiger partial charge in [-0.15, -0.1) is 0 Å². The van der Waals surface area contributed by atoms with Crippen molar-refractivity contribution in [3.63, 3.8) is 0 Å². The monoisotopic (exact) mass is 506 g/mol. The molecule has 2 aromatic heterocycles. The van der Waals surface area contributed by atoms with Gasteiger partial charge in [0.1, 0.15) is 5.75 Å². The molecule has 2 aliphatic rings. The Balaban J connectivity index is 1.65. The average Bonchev–Trinajstić information content (AvgIpc) is 3.27. The topological polar surface area (TPSA) is 97.5 Å². The van der Waals surface area contributed by atoms with Crippen LogP contribution in [0.5, 0.6) is 11.5 Å². The smallest absolute Gasteiger partial charge is 0.255 e. The molecule has 1 atom stereocenters. The van der Waals surface area contributed by atoms with Gasteiger partial charge < -0.3 is 29.8 Å². The number of rotatable bonds is 3. The number of carbonyl (C=O) groups excluding carboxylic acids is 1. The molecule has 9 heteroatoms. The number of hydrogen-bond donors (Lipinski definition) is 3. The van der Waals surface area contributed by atoms with Gasteiger partial charge >= 0.3 is 0 Å². The summed E-state index contributed by atoms with van der Waals surface area (Å²) in [5, 5.41) is 6.33. The van der Waals surface area contributed by atoms with E-state index in [4.69, 9.17) is 14.2 Å². The van der Waals surface area contributed by atoms with Crippen LogP contribution in [-0.4, -0.2) is 49.4 Å². The summed E-state index contributed by atoms with van der Waals surface area (Å²) in [6.45, 7) is 4.24. The summed E-state index contributed by atoms with van der Waals surface area (Å²) in [6, 6.07) is 6.50. The number of amides is 1. The molecule has 2 bridgehead atoms. The summed E-state index contributed by atoms with van der Waals surface area (Å²) < 4.78 is 31.8.